The minimum absolute atomic E-state index is 0.0178. The summed E-state index contributed by atoms with van der Waals surface area (Å²) in [7, 11) is 0. The minimum Gasteiger partial charge on any atom is -0.489 e. The van der Waals surface area contributed by atoms with E-state index in [9.17, 15) is 18.4 Å². The second-order valence-electron chi connectivity index (χ2n) is 6.77. The first-order valence-electron chi connectivity index (χ1n) is 9.84. The van der Waals surface area contributed by atoms with E-state index in [1.165, 1.54) is 12.1 Å². The van der Waals surface area contributed by atoms with Crippen LogP contribution in [-0.2, 0) is 22.9 Å². The number of hydrogen-bond donors (Lipinski definition) is 2. The Kier molecular flexibility index (Phi) is 8.14. The number of hydrogen-bond acceptors (Lipinski definition) is 4. The number of carbonyl (C=O) groups excluding carboxylic acids is 2. The second kappa shape index (κ2) is 11.5. The highest BCUT2D eigenvalue weighted by Gasteiger charge is 2.13. The third kappa shape index (κ3) is 6.80. The summed E-state index contributed by atoms with van der Waals surface area (Å²) in [5, 5.41) is 4.63. The number of nitrogens with one attached hydrogen (secondary N) is 2. The average Bonchev–Trinajstić information content (AvgIpc) is 2.82. The Balaban J connectivity index is 1.39. The normalized spacial score (nSPS) is 10.3. The first-order chi connectivity index (χ1) is 15.5. The Hall–Kier alpha value is -3.94. The van der Waals surface area contributed by atoms with Gasteiger partial charge >= 0.3 is 0 Å². The van der Waals surface area contributed by atoms with Crippen molar-refractivity contribution in [2.45, 2.75) is 13.3 Å². The maximum atomic E-state index is 13.8. The molecule has 166 valence electrons. The maximum Gasteiger partial charge on any atom is 0.258 e. The standard InChI is InChI=1S/C24H22F2N2O4/c25-13-18-7-4-8-21(26)24(18)28-22(29)14-27-23(30)16-32-20-11-9-19(10-12-20)31-15-17-5-2-1-3-6-17/h1-12H,13-16H2,(H,27,30)(H,28,29). The highest BCUT2D eigenvalue weighted by atomic mass is 19.1. The molecule has 6 nitrogen and oxygen atoms in total. The van der Waals surface area contributed by atoms with Gasteiger partial charge in [0, 0.05) is 5.56 Å². The molecule has 0 saturated carbocycles. The molecule has 2 N–H and O–H groups in total. The van der Waals surface area contributed by atoms with Crippen LogP contribution in [0.1, 0.15) is 11.1 Å². The largest absolute Gasteiger partial charge is 0.489 e. The Morgan fingerprint density at radius 3 is 2.19 bits per heavy atom. The second-order valence-corrected chi connectivity index (χ2v) is 6.77. The lowest BCUT2D eigenvalue weighted by molar-refractivity contribution is -0.125. The molecule has 0 aliphatic heterocycles. The summed E-state index contributed by atoms with van der Waals surface area (Å²) in [4.78, 5) is 23.9. The predicted molar refractivity (Wildman–Crippen MR) is 116 cm³/mol. The van der Waals surface area contributed by atoms with Crippen molar-refractivity contribution in [2.75, 3.05) is 18.5 Å². The highest BCUT2D eigenvalue weighted by Crippen LogP contribution is 2.21. The van der Waals surface area contributed by atoms with Crippen molar-refractivity contribution in [1.82, 2.24) is 5.32 Å². The van der Waals surface area contributed by atoms with Crippen LogP contribution in [0.5, 0.6) is 11.5 Å². The zero-order chi connectivity index (χ0) is 22.8. The van der Waals surface area contributed by atoms with E-state index in [-0.39, 0.29) is 17.9 Å². The smallest absolute Gasteiger partial charge is 0.258 e. The van der Waals surface area contributed by atoms with Crippen LogP contribution in [0.15, 0.2) is 72.8 Å². The Morgan fingerprint density at radius 2 is 1.50 bits per heavy atom. The van der Waals surface area contributed by atoms with Gasteiger partial charge in [0.2, 0.25) is 5.91 Å². The third-order valence-corrected chi connectivity index (χ3v) is 4.40. The number of alkyl halides is 1. The lowest BCUT2D eigenvalue weighted by atomic mass is 10.2. The van der Waals surface area contributed by atoms with E-state index in [0.717, 1.165) is 11.6 Å². The molecule has 0 radical (unpaired) electrons. The molecule has 3 rings (SSSR count). The number of rotatable bonds is 10. The quantitative estimate of drug-likeness (QED) is 0.500. The highest BCUT2D eigenvalue weighted by molar-refractivity contribution is 5.95. The van der Waals surface area contributed by atoms with Crippen molar-refractivity contribution in [3.63, 3.8) is 0 Å². The van der Waals surface area contributed by atoms with Crippen LogP contribution >= 0.6 is 0 Å². The third-order valence-electron chi connectivity index (χ3n) is 4.40. The zero-order valence-electron chi connectivity index (χ0n) is 17.1. The fraction of sp³-hybridized carbons (Fsp3) is 0.167. The van der Waals surface area contributed by atoms with Crippen LogP contribution in [-0.4, -0.2) is 25.0 Å². The molecule has 0 aromatic heterocycles. The number of anilines is 1. The Bertz CT molecular complexity index is 1040. The Labute approximate surface area is 184 Å². The van der Waals surface area contributed by atoms with Gasteiger partial charge in [-0.05, 0) is 35.9 Å². The topological polar surface area (TPSA) is 76.7 Å². The molecule has 32 heavy (non-hydrogen) atoms. The van der Waals surface area contributed by atoms with Crippen molar-refractivity contribution in [3.8, 4) is 11.5 Å². The van der Waals surface area contributed by atoms with E-state index >= 15 is 0 Å². The van der Waals surface area contributed by atoms with Gasteiger partial charge in [0.15, 0.2) is 6.61 Å². The van der Waals surface area contributed by atoms with Gasteiger partial charge in [-0.25, -0.2) is 8.78 Å². The van der Waals surface area contributed by atoms with Gasteiger partial charge in [-0.1, -0.05) is 42.5 Å². The number of ether oxygens (including phenoxy) is 2. The molecule has 3 aromatic carbocycles. The molecule has 0 aliphatic rings. The molecule has 0 bridgehead atoms. The van der Waals surface area contributed by atoms with E-state index in [1.54, 1.807) is 24.3 Å². The summed E-state index contributed by atoms with van der Waals surface area (Å²) in [5.41, 5.74) is 0.828. The van der Waals surface area contributed by atoms with E-state index in [2.05, 4.69) is 10.6 Å². The minimum atomic E-state index is -0.927. The molecule has 2 amide bonds. The summed E-state index contributed by atoms with van der Waals surface area (Å²) >= 11 is 0. The monoisotopic (exact) mass is 440 g/mol. The number of halogens is 2. The molecule has 0 unspecified atom stereocenters. The van der Waals surface area contributed by atoms with Gasteiger partial charge in [-0.2, -0.15) is 0 Å². The van der Waals surface area contributed by atoms with Crippen LogP contribution in [0.3, 0.4) is 0 Å². The summed E-state index contributed by atoms with van der Waals surface area (Å²) in [6.07, 6.45) is 0. The van der Waals surface area contributed by atoms with E-state index < -0.39 is 30.9 Å². The molecule has 3 aromatic rings. The van der Waals surface area contributed by atoms with Gasteiger partial charge in [0.25, 0.3) is 5.91 Å². The SMILES string of the molecule is O=C(COc1ccc(OCc2ccccc2)cc1)NCC(=O)Nc1c(F)cccc1CF. The molecule has 0 spiro atoms. The van der Waals surface area contributed by atoms with E-state index in [1.807, 2.05) is 30.3 Å². The van der Waals surface area contributed by atoms with E-state index in [4.69, 9.17) is 9.47 Å². The van der Waals surface area contributed by atoms with Crippen LogP contribution in [0.4, 0.5) is 14.5 Å². The number of benzene rings is 3. The van der Waals surface area contributed by atoms with Crippen molar-refractivity contribution in [2.24, 2.45) is 0 Å². The molecule has 0 saturated heterocycles. The summed E-state index contributed by atoms with van der Waals surface area (Å²) in [5.74, 6) is -0.861. The predicted octanol–water partition coefficient (Wildman–Crippen LogP) is 4.01. The molecule has 0 aliphatic carbocycles. The van der Waals surface area contributed by atoms with Gasteiger partial charge in [0.05, 0.1) is 12.2 Å². The molecule has 0 atom stereocenters. The van der Waals surface area contributed by atoms with Gasteiger partial charge < -0.3 is 20.1 Å². The summed E-state index contributed by atoms with van der Waals surface area (Å²) in [6.45, 7) is -1.21. The fourth-order valence-corrected chi connectivity index (χ4v) is 2.76. The molecular weight excluding hydrogens is 418 g/mol. The van der Waals surface area contributed by atoms with Crippen LogP contribution in [0.25, 0.3) is 0 Å². The molecular formula is C24H22F2N2O4. The lowest BCUT2D eigenvalue weighted by Gasteiger charge is -2.11. The van der Waals surface area contributed by atoms with Crippen molar-refractivity contribution >= 4 is 17.5 Å². The number of para-hydroxylation sites is 1. The van der Waals surface area contributed by atoms with Gasteiger partial charge in [0.1, 0.15) is 30.6 Å². The van der Waals surface area contributed by atoms with Crippen molar-refractivity contribution < 1.29 is 27.8 Å². The maximum absolute atomic E-state index is 13.8. The lowest BCUT2D eigenvalue weighted by Crippen LogP contribution is -2.36. The summed E-state index contributed by atoms with van der Waals surface area (Å²) in [6, 6.07) is 20.3. The first-order valence-corrected chi connectivity index (χ1v) is 9.84. The zero-order valence-corrected chi connectivity index (χ0v) is 17.1. The van der Waals surface area contributed by atoms with E-state index in [0.29, 0.717) is 18.1 Å². The number of carbonyl (C=O) groups is 2. The molecule has 0 fully saturated rings. The molecule has 0 heterocycles. The van der Waals surface area contributed by atoms with Crippen molar-refractivity contribution in [3.05, 3.63) is 89.7 Å². The van der Waals surface area contributed by atoms with Gasteiger partial charge in [-0.3, -0.25) is 9.59 Å². The first kappa shape index (κ1) is 22.7. The van der Waals surface area contributed by atoms with Crippen LogP contribution in [0.2, 0.25) is 0 Å². The fourth-order valence-electron chi connectivity index (χ4n) is 2.76. The average molecular weight is 440 g/mol. The Morgan fingerprint density at radius 1 is 0.812 bits per heavy atom. The van der Waals surface area contributed by atoms with Crippen LogP contribution in [0, 0.1) is 5.82 Å². The van der Waals surface area contributed by atoms with Gasteiger partial charge in [-0.15, -0.1) is 0 Å². The van der Waals surface area contributed by atoms with Crippen LogP contribution < -0.4 is 20.1 Å². The number of amides is 2. The molecule has 8 heteroatoms. The summed E-state index contributed by atoms with van der Waals surface area (Å²) < 4.78 is 37.8. The van der Waals surface area contributed by atoms with Crippen molar-refractivity contribution in [1.29, 1.82) is 0 Å².